The molecule has 0 aliphatic heterocycles. The van der Waals surface area contributed by atoms with Gasteiger partial charge in [0.25, 0.3) is 11.9 Å². The van der Waals surface area contributed by atoms with Crippen LogP contribution in [0.25, 0.3) is 27.9 Å². The summed E-state index contributed by atoms with van der Waals surface area (Å²) in [4.78, 5) is 16.8. The average Bonchev–Trinajstić information content (AvgIpc) is 3.28. The van der Waals surface area contributed by atoms with Crippen LogP contribution in [0.3, 0.4) is 0 Å². The van der Waals surface area contributed by atoms with Crippen LogP contribution in [0.2, 0.25) is 5.02 Å². The fourth-order valence-corrected chi connectivity index (χ4v) is 4.62. The lowest BCUT2D eigenvalue weighted by atomic mass is 10.0. The number of aromatic amines is 2. The zero-order valence-electron chi connectivity index (χ0n) is 19.6. The van der Waals surface area contributed by atoms with Gasteiger partial charge in [0.15, 0.2) is 11.0 Å². The van der Waals surface area contributed by atoms with Gasteiger partial charge in [0.1, 0.15) is 10.8 Å². The Kier molecular flexibility index (Phi) is 6.06. The quantitative estimate of drug-likeness (QED) is 0.287. The molecule has 1 aliphatic rings. The molecule has 1 unspecified atom stereocenters. The van der Waals surface area contributed by atoms with E-state index < -0.39 is 17.9 Å². The summed E-state index contributed by atoms with van der Waals surface area (Å²) in [6, 6.07) is 6.38. The Morgan fingerprint density at radius 3 is 2.63 bits per heavy atom. The second-order valence-electron chi connectivity index (χ2n) is 9.10. The lowest BCUT2D eigenvalue weighted by molar-refractivity contribution is -0.659. The molecule has 1 atom stereocenters. The number of aromatic nitrogens is 9. The minimum Gasteiger partial charge on any atom is -0.267 e. The lowest BCUT2D eigenvalue weighted by Crippen LogP contribution is -2.33. The Labute approximate surface area is 217 Å². The summed E-state index contributed by atoms with van der Waals surface area (Å²) in [5, 5.41) is 16.6. The largest absolute Gasteiger partial charge is 0.331 e. The van der Waals surface area contributed by atoms with Crippen molar-refractivity contribution in [2.75, 3.05) is 0 Å². The van der Waals surface area contributed by atoms with Crippen molar-refractivity contribution in [3.8, 4) is 27.9 Å². The number of hydrogen-bond acceptors (Lipinski definition) is 5. The number of nitrogens with one attached hydrogen (secondary N) is 2. The third kappa shape index (κ3) is 4.49. The molecule has 1 fully saturated rings. The summed E-state index contributed by atoms with van der Waals surface area (Å²) in [6.45, 7) is -2.86. The molecule has 0 bridgehead atoms. The molecule has 4 aromatic heterocycles. The van der Waals surface area contributed by atoms with Gasteiger partial charge in [-0.25, -0.2) is 9.07 Å². The van der Waals surface area contributed by atoms with Gasteiger partial charge >= 0.3 is 6.55 Å². The van der Waals surface area contributed by atoms with E-state index in [1.807, 2.05) is 0 Å². The van der Waals surface area contributed by atoms with Gasteiger partial charge in [-0.05, 0) is 30.5 Å². The van der Waals surface area contributed by atoms with E-state index in [0.29, 0.717) is 33.1 Å². The molecule has 0 radical (unpaired) electrons. The summed E-state index contributed by atoms with van der Waals surface area (Å²) in [5.74, 6) is -0.105. The Bertz CT molecular complexity index is 1640. The fourth-order valence-electron chi connectivity index (χ4n) is 4.46. The summed E-state index contributed by atoms with van der Waals surface area (Å²) in [6.07, 6.45) is 10.1. The molecule has 0 saturated heterocycles. The topological polar surface area (TPSA) is 114 Å². The van der Waals surface area contributed by atoms with Crippen molar-refractivity contribution in [3.63, 3.8) is 0 Å². The highest BCUT2D eigenvalue weighted by atomic mass is 35.5. The van der Waals surface area contributed by atoms with Crippen molar-refractivity contribution in [2.45, 2.75) is 31.9 Å². The Hall–Kier alpha value is -4.26. The second kappa shape index (κ2) is 9.56. The summed E-state index contributed by atoms with van der Waals surface area (Å²) in [7, 11) is 0. The van der Waals surface area contributed by atoms with Crippen molar-refractivity contribution in [1.29, 1.82) is 0 Å². The van der Waals surface area contributed by atoms with Crippen LogP contribution >= 0.6 is 11.6 Å². The van der Waals surface area contributed by atoms with Crippen molar-refractivity contribution in [2.24, 2.45) is 5.92 Å². The van der Waals surface area contributed by atoms with Crippen LogP contribution in [0.5, 0.6) is 0 Å². The second-order valence-corrected chi connectivity index (χ2v) is 9.51. The SMILES string of the molecule is O=c1[nH]n(C(F)F)cc1-c1cnn(C(CC2CC2)c2ccc(-c3c(-[n+]4cnn[nH]4)ccc(Cl)c3F)cn2)c1. The highest BCUT2D eigenvalue weighted by molar-refractivity contribution is 6.31. The van der Waals surface area contributed by atoms with Crippen LogP contribution in [0.15, 0.2) is 60.2 Å². The highest BCUT2D eigenvalue weighted by Crippen LogP contribution is 2.39. The zero-order chi connectivity index (χ0) is 26.4. The van der Waals surface area contributed by atoms with E-state index in [-0.39, 0.29) is 22.2 Å². The van der Waals surface area contributed by atoms with E-state index in [4.69, 9.17) is 11.6 Å². The Morgan fingerprint density at radius 2 is 1.97 bits per heavy atom. The van der Waals surface area contributed by atoms with Gasteiger partial charge in [0, 0.05) is 29.7 Å². The van der Waals surface area contributed by atoms with Gasteiger partial charge in [-0.15, -0.1) is 4.68 Å². The number of H-pyrrole nitrogens is 2. The molecule has 5 aromatic rings. The molecule has 0 amide bonds. The molecule has 14 heteroatoms. The number of tetrazole rings is 1. The van der Waals surface area contributed by atoms with Crippen LogP contribution in [0, 0.1) is 11.7 Å². The van der Waals surface area contributed by atoms with Gasteiger partial charge in [0.05, 0.1) is 34.1 Å². The molecule has 4 heterocycles. The van der Waals surface area contributed by atoms with Crippen LogP contribution in [-0.4, -0.2) is 40.1 Å². The smallest absolute Gasteiger partial charge is 0.267 e. The highest BCUT2D eigenvalue weighted by Gasteiger charge is 2.29. The zero-order valence-corrected chi connectivity index (χ0v) is 20.4. The fraction of sp³-hybridized carbons (Fsp3) is 0.250. The van der Waals surface area contributed by atoms with Crippen LogP contribution in [-0.2, 0) is 0 Å². The third-order valence-electron chi connectivity index (χ3n) is 6.57. The number of hydrogen-bond donors (Lipinski definition) is 2. The van der Waals surface area contributed by atoms with Crippen LogP contribution in [0.1, 0.15) is 37.5 Å². The van der Waals surface area contributed by atoms with Gasteiger partial charge < -0.3 is 0 Å². The van der Waals surface area contributed by atoms with Crippen molar-refractivity contribution in [1.82, 2.24) is 40.1 Å². The minimum absolute atomic E-state index is 0.0350. The predicted octanol–water partition coefficient (Wildman–Crippen LogP) is 4.07. The molecular weight excluding hydrogens is 523 g/mol. The van der Waals surface area contributed by atoms with E-state index in [1.54, 1.807) is 35.3 Å². The van der Waals surface area contributed by atoms with E-state index in [1.165, 1.54) is 23.3 Å². The van der Waals surface area contributed by atoms with E-state index in [0.717, 1.165) is 25.5 Å². The minimum atomic E-state index is -2.86. The maximum atomic E-state index is 15.2. The molecule has 38 heavy (non-hydrogen) atoms. The molecule has 1 aromatic carbocycles. The Balaban J connectivity index is 1.35. The van der Waals surface area contributed by atoms with E-state index in [9.17, 15) is 13.6 Å². The van der Waals surface area contributed by atoms with E-state index in [2.05, 4.69) is 30.7 Å². The number of rotatable bonds is 8. The molecular formula is C24H20ClF3N9O+. The van der Waals surface area contributed by atoms with Crippen LogP contribution in [0.4, 0.5) is 13.2 Å². The van der Waals surface area contributed by atoms with Gasteiger partial charge in [-0.1, -0.05) is 35.7 Å². The van der Waals surface area contributed by atoms with Crippen molar-refractivity contribution >= 4 is 11.6 Å². The van der Waals surface area contributed by atoms with Crippen LogP contribution < -0.4 is 10.2 Å². The average molecular weight is 543 g/mol. The first-order valence-electron chi connectivity index (χ1n) is 11.7. The van der Waals surface area contributed by atoms with Crippen molar-refractivity contribution < 1.29 is 17.9 Å². The normalized spacial score (nSPS) is 14.3. The van der Waals surface area contributed by atoms with E-state index >= 15 is 4.39 Å². The molecule has 2 N–H and O–H groups in total. The lowest BCUT2D eigenvalue weighted by Gasteiger charge is -2.18. The Morgan fingerprint density at radius 1 is 1.13 bits per heavy atom. The molecule has 1 saturated carbocycles. The van der Waals surface area contributed by atoms with Crippen molar-refractivity contribution in [3.05, 3.63) is 82.3 Å². The number of alkyl halides is 2. The number of halogens is 4. The first-order chi connectivity index (χ1) is 18.4. The van der Waals surface area contributed by atoms with Gasteiger partial charge in [-0.2, -0.15) is 13.9 Å². The third-order valence-corrected chi connectivity index (χ3v) is 6.86. The maximum Gasteiger partial charge on any atom is 0.331 e. The standard InChI is InChI=1S/C24H19ClF3N9O/c25-17-4-6-19(37-12-30-33-34-37)21(22(17)26)14-3-5-18(29-8-14)20(7-13-1-2-13)35-10-15(9-31-35)16-11-36(24(27)28)32-23(16)38/h3-6,8-13,20,24H,1-2,7H2,(H,32,38)/p+1. The number of benzene rings is 1. The number of nitrogens with zero attached hydrogens (tertiary/aromatic N) is 7. The molecule has 6 rings (SSSR count). The molecule has 1 aliphatic carbocycles. The maximum absolute atomic E-state index is 15.2. The summed E-state index contributed by atoms with van der Waals surface area (Å²) >= 11 is 6.08. The first-order valence-corrected chi connectivity index (χ1v) is 12.1. The number of pyridine rings is 1. The summed E-state index contributed by atoms with van der Waals surface area (Å²) < 4.78 is 44.8. The molecule has 194 valence electrons. The summed E-state index contributed by atoms with van der Waals surface area (Å²) in [5.41, 5.74) is 1.76. The molecule has 0 spiro atoms. The monoisotopic (exact) mass is 542 g/mol. The first kappa shape index (κ1) is 24.1. The van der Waals surface area contributed by atoms with Gasteiger partial charge in [0.2, 0.25) is 0 Å². The molecule has 10 nitrogen and oxygen atoms in total. The predicted molar refractivity (Wildman–Crippen MR) is 129 cm³/mol. The van der Waals surface area contributed by atoms with Gasteiger partial charge in [-0.3, -0.25) is 19.6 Å².